The van der Waals surface area contributed by atoms with Gasteiger partial charge < -0.3 is 5.32 Å². The molecule has 1 N–H and O–H groups in total. The van der Waals surface area contributed by atoms with Crippen LogP contribution in [0.5, 0.6) is 0 Å². The molecule has 2 aromatic heterocycles. The molecule has 0 saturated heterocycles. The van der Waals surface area contributed by atoms with Crippen molar-refractivity contribution in [3.8, 4) is 11.4 Å². The largest absolute Gasteiger partial charge is 0.501 e. The summed E-state index contributed by atoms with van der Waals surface area (Å²) < 4.78 is 60.3. The summed E-state index contributed by atoms with van der Waals surface area (Å²) in [6.07, 6.45) is 1.52. The zero-order valence-corrected chi connectivity index (χ0v) is 15.8. The SMILES string of the molecule is O=C(Nc1ccc(S(=O)(=O)C(F)(F)F)cc1)c1ccc(-c2ncccc2Cl)nn1. The van der Waals surface area contributed by atoms with Crippen molar-refractivity contribution < 1.29 is 26.4 Å². The Morgan fingerprint density at radius 3 is 2.24 bits per heavy atom. The molecule has 3 aromatic rings. The first-order valence-corrected chi connectivity index (χ1v) is 9.63. The van der Waals surface area contributed by atoms with Gasteiger partial charge in [-0.2, -0.15) is 13.2 Å². The number of nitrogens with one attached hydrogen (secondary N) is 1. The maximum absolute atomic E-state index is 12.5. The van der Waals surface area contributed by atoms with Gasteiger partial charge in [-0.1, -0.05) is 11.6 Å². The molecule has 2 heterocycles. The maximum atomic E-state index is 12.5. The first-order valence-electron chi connectivity index (χ1n) is 7.77. The van der Waals surface area contributed by atoms with Gasteiger partial charge in [-0.25, -0.2) is 8.42 Å². The molecular formula is C17H10ClF3N4O3S. The van der Waals surface area contributed by atoms with Crippen LogP contribution in [0.3, 0.4) is 0 Å². The van der Waals surface area contributed by atoms with Gasteiger partial charge in [-0.3, -0.25) is 9.78 Å². The summed E-state index contributed by atoms with van der Waals surface area (Å²) >= 11 is 6.02. The highest BCUT2D eigenvalue weighted by Gasteiger charge is 2.46. The van der Waals surface area contributed by atoms with Crippen LogP contribution in [-0.2, 0) is 9.84 Å². The quantitative estimate of drug-likeness (QED) is 0.660. The Bertz CT molecular complexity index is 1150. The molecular weight excluding hydrogens is 433 g/mol. The summed E-state index contributed by atoms with van der Waals surface area (Å²) in [5.41, 5.74) is -4.68. The fraction of sp³-hybridized carbons (Fsp3) is 0.0588. The molecule has 0 radical (unpaired) electrons. The van der Waals surface area contributed by atoms with Crippen molar-refractivity contribution in [2.75, 3.05) is 5.32 Å². The first kappa shape index (κ1) is 20.7. The van der Waals surface area contributed by atoms with Gasteiger partial charge in [0.1, 0.15) is 11.4 Å². The summed E-state index contributed by atoms with van der Waals surface area (Å²) in [6.45, 7) is 0. The van der Waals surface area contributed by atoms with E-state index in [1.165, 1.54) is 18.3 Å². The van der Waals surface area contributed by atoms with Crippen molar-refractivity contribution in [1.29, 1.82) is 0 Å². The predicted molar refractivity (Wildman–Crippen MR) is 97.9 cm³/mol. The standard InChI is InChI=1S/C17H10ClF3N4O3S/c18-12-2-1-9-22-15(12)13-7-8-14(25-24-13)16(26)23-10-3-5-11(6-4-10)29(27,28)17(19,20)21/h1-9H,(H,23,26). The van der Waals surface area contributed by atoms with E-state index < -0.39 is 26.1 Å². The van der Waals surface area contributed by atoms with Crippen LogP contribution in [0.4, 0.5) is 18.9 Å². The topological polar surface area (TPSA) is 102 Å². The lowest BCUT2D eigenvalue weighted by Crippen LogP contribution is -2.23. The molecule has 29 heavy (non-hydrogen) atoms. The van der Waals surface area contributed by atoms with E-state index in [9.17, 15) is 26.4 Å². The van der Waals surface area contributed by atoms with E-state index in [0.29, 0.717) is 16.4 Å². The van der Waals surface area contributed by atoms with Gasteiger partial charge in [-0.05, 0) is 48.5 Å². The fourth-order valence-corrected chi connectivity index (χ4v) is 3.18. The molecule has 1 amide bonds. The van der Waals surface area contributed by atoms with Gasteiger partial charge in [-0.15, -0.1) is 10.2 Å². The number of nitrogens with zero attached hydrogens (tertiary/aromatic N) is 3. The van der Waals surface area contributed by atoms with Crippen LogP contribution in [0.2, 0.25) is 5.02 Å². The summed E-state index contributed by atoms with van der Waals surface area (Å²) in [5.74, 6) is -0.692. The molecule has 0 aliphatic carbocycles. The number of aromatic nitrogens is 3. The van der Waals surface area contributed by atoms with Crippen LogP contribution in [0.1, 0.15) is 10.5 Å². The summed E-state index contributed by atoms with van der Waals surface area (Å²) in [6, 6.07) is 9.67. The van der Waals surface area contributed by atoms with Crippen LogP contribution in [0.25, 0.3) is 11.4 Å². The van der Waals surface area contributed by atoms with Gasteiger partial charge in [0.05, 0.1) is 9.92 Å². The highest BCUT2D eigenvalue weighted by molar-refractivity contribution is 7.92. The third-order valence-corrected chi connectivity index (χ3v) is 5.43. The van der Waals surface area contributed by atoms with Crippen molar-refractivity contribution in [2.24, 2.45) is 0 Å². The van der Waals surface area contributed by atoms with E-state index in [2.05, 4.69) is 20.5 Å². The molecule has 0 aliphatic rings. The van der Waals surface area contributed by atoms with Crippen molar-refractivity contribution in [3.63, 3.8) is 0 Å². The lowest BCUT2D eigenvalue weighted by atomic mass is 10.2. The molecule has 0 saturated carbocycles. The second-order valence-corrected chi connectivity index (χ2v) is 7.91. The van der Waals surface area contributed by atoms with Crippen LogP contribution >= 0.6 is 11.6 Å². The molecule has 0 aliphatic heterocycles. The number of halogens is 4. The molecule has 12 heteroatoms. The van der Waals surface area contributed by atoms with Crippen LogP contribution in [-0.4, -0.2) is 35.0 Å². The summed E-state index contributed by atoms with van der Waals surface area (Å²) in [7, 11) is -5.46. The Morgan fingerprint density at radius 2 is 1.69 bits per heavy atom. The Balaban J connectivity index is 1.75. The zero-order valence-electron chi connectivity index (χ0n) is 14.2. The molecule has 0 atom stereocenters. The number of rotatable bonds is 4. The first-order chi connectivity index (χ1) is 13.6. The van der Waals surface area contributed by atoms with Crippen molar-refractivity contribution in [1.82, 2.24) is 15.2 Å². The molecule has 150 valence electrons. The number of carbonyl (C=O) groups is 1. The number of hydrogen-bond donors (Lipinski definition) is 1. The second kappa shape index (κ2) is 7.76. The Labute approximate surface area is 167 Å². The Morgan fingerprint density at radius 1 is 1.00 bits per heavy atom. The van der Waals surface area contributed by atoms with Gasteiger partial charge >= 0.3 is 5.51 Å². The molecule has 7 nitrogen and oxygen atoms in total. The molecule has 3 rings (SSSR count). The number of amides is 1. The highest BCUT2D eigenvalue weighted by Crippen LogP contribution is 2.30. The van der Waals surface area contributed by atoms with E-state index in [1.54, 1.807) is 12.1 Å². The van der Waals surface area contributed by atoms with Crippen LogP contribution in [0.15, 0.2) is 59.6 Å². The molecule has 0 fully saturated rings. The number of anilines is 1. The monoisotopic (exact) mass is 442 g/mol. The van der Waals surface area contributed by atoms with Gasteiger partial charge in [0, 0.05) is 11.9 Å². The van der Waals surface area contributed by atoms with Crippen LogP contribution in [0, 0.1) is 0 Å². The normalized spacial score (nSPS) is 11.9. The molecule has 0 spiro atoms. The highest BCUT2D eigenvalue weighted by atomic mass is 35.5. The Hall–Kier alpha value is -3.05. The number of hydrogen-bond acceptors (Lipinski definition) is 6. The van der Waals surface area contributed by atoms with E-state index in [0.717, 1.165) is 24.3 Å². The molecule has 1 aromatic carbocycles. The smallest absolute Gasteiger partial charge is 0.321 e. The van der Waals surface area contributed by atoms with E-state index in [1.807, 2.05) is 0 Å². The van der Waals surface area contributed by atoms with E-state index in [-0.39, 0.29) is 11.4 Å². The maximum Gasteiger partial charge on any atom is 0.501 e. The van der Waals surface area contributed by atoms with E-state index in [4.69, 9.17) is 11.6 Å². The molecule has 0 bridgehead atoms. The van der Waals surface area contributed by atoms with Crippen molar-refractivity contribution >= 4 is 33.0 Å². The number of sulfone groups is 1. The lowest BCUT2D eigenvalue weighted by Gasteiger charge is -2.09. The number of benzene rings is 1. The van der Waals surface area contributed by atoms with Gasteiger partial charge in [0.25, 0.3) is 15.7 Å². The zero-order chi connectivity index (χ0) is 21.2. The summed E-state index contributed by atoms with van der Waals surface area (Å²) in [4.78, 5) is 15.4. The van der Waals surface area contributed by atoms with Crippen molar-refractivity contribution in [3.05, 3.63) is 65.4 Å². The van der Waals surface area contributed by atoms with Gasteiger partial charge in [0.2, 0.25) is 0 Å². The average Bonchev–Trinajstić information content (AvgIpc) is 2.68. The van der Waals surface area contributed by atoms with Crippen LogP contribution < -0.4 is 5.32 Å². The number of carbonyl (C=O) groups excluding carboxylic acids is 1. The minimum absolute atomic E-state index is 0.0761. The lowest BCUT2D eigenvalue weighted by molar-refractivity contribution is -0.0436. The van der Waals surface area contributed by atoms with E-state index >= 15 is 0 Å². The third kappa shape index (κ3) is 4.35. The molecule has 0 unspecified atom stereocenters. The fourth-order valence-electron chi connectivity index (χ4n) is 2.20. The predicted octanol–water partition coefficient (Wildman–Crippen LogP) is 3.74. The minimum Gasteiger partial charge on any atom is -0.321 e. The van der Waals surface area contributed by atoms with Crippen molar-refractivity contribution in [2.45, 2.75) is 10.4 Å². The number of pyridine rings is 1. The third-order valence-electron chi connectivity index (χ3n) is 3.63. The minimum atomic E-state index is -5.46. The van der Waals surface area contributed by atoms with Gasteiger partial charge in [0.15, 0.2) is 5.69 Å². The second-order valence-electron chi connectivity index (χ2n) is 5.57. The number of alkyl halides is 3. The Kier molecular flexibility index (Phi) is 5.53. The average molecular weight is 443 g/mol. The summed E-state index contributed by atoms with van der Waals surface area (Å²) in [5, 5.41) is 10.4.